The van der Waals surface area contributed by atoms with Crippen LogP contribution in [0.25, 0.3) is 0 Å². The average molecular weight is 332 g/mol. The zero-order chi connectivity index (χ0) is 16.8. The number of rotatable bonds is 5. The molecule has 1 aromatic rings. The van der Waals surface area contributed by atoms with E-state index in [2.05, 4.69) is 15.5 Å². The first-order valence-electron chi connectivity index (χ1n) is 9.28. The lowest BCUT2D eigenvalue weighted by molar-refractivity contribution is -0.132. The maximum Gasteiger partial charge on any atom is 0.223 e. The summed E-state index contributed by atoms with van der Waals surface area (Å²) >= 11 is 0. The number of hydrogen-bond acceptors (Lipinski definition) is 3. The topological polar surface area (TPSA) is 78.1 Å². The monoisotopic (exact) mass is 332 g/mol. The third-order valence-corrected chi connectivity index (χ3v) is 5.35. The molecule has 1 aromatic heterocycles. The minimum Gasteiger partial charge on any atom is -0.353 e. The van der Waals surface area contributed by atoms with Crippen molar-refractivity contribution in [1.82, 2.24) is 20.4 Å². The van der Waals surface area contributed by atoms with Crippen LogP contribution in [-0.4, -0.2) is 46.0 Å². The number of hydrogen-bond donors (Lipinski definition) is 2. The maximum absolute atomic E-state index is 12.3. The number of piperidine rings is 1. The van der Waals surface area contributed by atoms with Gasteiger partial charge in [-0.2, -0.15) is 5.10 Å². The third-order valence-electron chi connectivity index (χ3n) is 5.35. The van der Waals surface area contributed by atoms with Gasteiger partial charge in [-0.25, -0.2) is 0 Å². The Hall–Kier alpha value is -1.85. The number of carbonyl (C=O) groups is 2. The largest absolute Gasteiger partial charge is 0.353 e. The number of nitrogens with zero attached hydrogens (tertiary/aromatic N) is 2. The van der Waals surface area contributed by atoms with Crippen molar-refractivity contribution in [2.45, 2.75) is 63.8 Å². The number of nitrogens with one attached hydrogen (secondary N) is 2. The third kappa shape index (κ3) is 4.58. The summed E-state index contributed by atoms with van der Waals surface area (Å²) in [4.78, 5) is 26.5. The number of aryl methyl sites for hydroxylation is 1. The smallest absolute Gasteiger partial charge is 0.223 e. The summed E-state index contributed by atoms with van der Waals surface area (Å²) in [6.07, 6.45) is 12.3. The molecule has 1 saturated carbocycles. The molecule has 0 aromatic carbocycles. The van der Waals surface area contributed by atoms with Crippen LogP contribution in [0.15, 0.2) is 12.4 Å². The molecule has 1 saturated heterocycles. The van der Waals surface area contributed by atoms with Gasteiger partial charge in [0.1, 0.15) is 0 Å². The molecule has 0 unspecified atom stereocenters. The Balaban J connectivity index is 1.37. The fourth-order valence-electron chi connectivity index (χ4n) is 3.78. The Labute approximate surface area is 143 Å². The fourth-order valence-corrected chi connectivity index (χ4v) is 3.78. The highest BCUT2D eigenvalue weighted by molar-refractivity contribution is 5.79. The van der Waals surface area contributed by atoms with E-state index in [4.69, 9.17) is 0 Å². The van der Waals surface area contributed by atoms with E-state index in [0.29, 0.717) is 6.42 Å². The first-order chi connectivity index (χ1) is 11.7. The quantitative estimate of drug-likeness (QED) is 0.866. The van der Waals surface area contributed by atoms with Crippen LogP contribution >= 0.6 is 0 Å². The molecule has 3 rings (SSSR count). The first-order valence-corrected chi connectivity index (χ1v) is 9.28. The molecule has 1 aliphatic carbocycles. The highest BCUT2D eigenvalue weighted by Gasteiger charge is 2.27. The van der Waals surface area contributed by atoms with Gasteiger partial charge in [0, 0.05) is 37.7 Å². The van der Waals surface area contributed by atoms with Crippen molar-refractivity contribution in [1.29, 1.82) is 0 Å². The number of amides is 2. The average Bonchev–Trinajstić information content (AvgIpc) is 3.14. The van der Waals surface area contributed by atoms with E-state index >= 15 is 0 Å². The molecule has 6 heteroatoms. The molecule has 2 aliphatic rings. The fraction of sp³-hybridized carbons (Fsp3) is 0.722. The van der Waals surface area contributed by atoms with Gasteiger partial charge in [-0.3, -0.25) is 14.7 Å². The Morgan fingerprint density at radius 1 is 1.17 bits per heavy atom. The van der Waals surface area contributed by atoms with Gasteiger partial charge in [0.2, 0.25) is 11.8 Å². The van der Waals surface area contributed by atoms with Crippen molar-refractivity contribution in [3.05, 3.63) is 18.0 Å². The van der Waals surface area contributed by atoms with Crippen LogP contribution in [0.3, 0.4) is 0 Å². The maximum atomic E-state index is 12.3. The summed E-state index contributed by atoms with van der Waals surface area (Å²) in [6, 6.07) is 0.234. The predicted octanol–water partition coefficient (Wildman–Crippen LogP) is 2.03. The van der Waals surface area contributed by atoms with Gasteiger partial charge in [0.05, 0.1) is 6.20 Å². The summed E-state index contributed by atoms with van der Waals surface area (Å²) in [7, 11) is 0. The molecule has 2 fully saturated rings. The lowest BCUT2D eigenvalue weighted by Gasteiger charge is -2.33. The summed E-state index contributed by atoms with van der Waals surface area (Å²) in [5.74, 6) is 0.654. The van der Waals surface area contributed by atoms with Crippen molar-refractivity contribution >= 4 is 11.8 Å². The second kappa shape index (κ2) is 8.31. The highest BCUT2D eigenvalue weighted by Crippen LogP contribution is 2.24. The van der Waals surface area contributed by atoms with Crippen LogP contribution in [0, 0.1) is 5.92 Å². The van der Waals surface area contributed by atoms with E-state index in [1.807, 2.05) is 11.1 Å². The molecule has 0 spiro atoms. The number of carbonyl (C=O) groups excluding carboxylic acids is 2. The lowest BCUT2D eigenvalue weighted by atomic mass is 9.88. The van der Waals surface area contributed by atoms with Crippen LogP contribution in [0.4, 0.5) is 0 Å². The van der Waals surface area contributed by atoms with Gasteiger partial charge in [0.15, 0.2) is 0 Å². The lowest BCUT2D eigenvalue weighted by Crippen LogP contribution is -2.48. The van der Waals surface area contributed by atoms with E-state index in [1.54, 1.807) is 6.20 Å². The minimum absolute atomic E-state index is 0.202. The second-order valence-electron chi connectivity index (χ2n) is 7.11. The van der Waals surface area contributed by atoms with Crippen molar-refractivity contribution in [3.8, 4) is 0 Å². The Morgan fingerprint density at radius 3 is 2.58 bits per heavy atom. The summed E-state index contributed by atoms with van der Waals surface area (Å²) in [5.41, 5.74) is 1.07. The second-order valence-corrected chi connectivity index (χ2v) is 7.11. The SMILES string of the molecule is O=C(NC1CCN(C(=O)CCc2cn[nH]c2)CC1)C1CCCCC1. The van der Waals surface area contributed by atoms with Gasteiger partial charge in [-0.05, 0) is 37.7 Å². The molecule has 0 radical (unpaired) electrons. The van der Waals surface area contributed by atoms with Crippen molar-refractivity contribution in [3.63, 3.8) is 0 Å². The Morgan fingerprint density at radius 2 is 1.92 bits per heavy atom. The van der Waals surface area contributed by atoms with Gasteiger partial charge in [-0.15, -0.1) is 0 Å². The molecule has 2 heterocycles. The van der Waals surface area contributed by atoms with Crippen LogP contribution in [0.1, 0.15) is 56.9 Å². The molecule has 24 heavy (non-hydrogen) atoms. The van der Waals surface area contributed by atoms with Crippen molar-refractivity contribution in [2.75, 3.05) is 13.1 Å². The normalized spacial score (nSPS) is 20.1. The van der Waals surface area contributed by atoms with Crippen LogP contribution in [0.5, 0.6) is 0 Å². The van der Waals surface area contributed by atoms with Crippen LogP contribution in [-0.2, 0) is 16.0 Å². The van der Waals surface area contributed by atoms with E-state index in [-0.39, 0.29) is 23.8 Å². The summed E-state index contributed by atoms with van der Waals surface area (Å²) < 4.78 is 0. The molecular formula is C18H28N4O2. The molecule has 0 bridgehead atoms. The van der Waals surface area contributed by atoms with Crippen LogP contribution in [0.2, 0.25) is 0 Å². The van der Waals surface area contributed by atoms with E-state index in [9.17, 15) is 9.59 Å². The molecule has 1 aliphatic heterocycles. The Kier molecular flexibility index (Phi) is 5.88. The molecule has 0 atom stereocenters. The Bertz CT molecular complexity index is 529. The van der Waals surface area contributed by atoms with Crippen molar-refractivity contribution in [2.24, 2.45) is 5.92 Å². The summed E-state index contributed by atoms with van der Waals surface area (Å²) in [5, 5.41) is 9.88. The minimum atomic E-state index is 0.202. The molecule has 132 valence electrons. The van der Waals surface area contributed by atoms with Crippen LogP contribution < -0.4 is 5.32 Å². The number of aromatic nitrogens is 2. The first kappa shape index (κ1) is 17.0. The molecule has 2 N–H and O–H groups in total. The molecular weight excluding hydrogens is 304 g/mol. The standard InChI is InChI=1S/C18H28N4O2/c23-17(7-6-14-12-19-20-13-14)22-10-8-16(9-11-22)21-18(24)15-4-2-1-3-5-15/h12-13,15-16H,1-11H2,(H,19,20)(H,21,24). The van der Waals surface area contributed by atoms with Gasteiger partial charge < -0.3 is 10.2 Å². The zero-order valence-electron chi connectivity index (χ0n) is 14.3. The van der Waals surface area contributed by atoms with Crippen molar-refractivity contribution < 1.29 is 9.59 Å². The van der Waals surface area contributed by atoms with Gasteiger partial charge in [-0.1, -0.05) is 19.3 Å². The molecule has 6 nitrogen and oxygen atoms in total. The predicted molar refractivity (Wildman–Crippen MR) is 91.2 cm³/mol. The van der Waals surface area contributed by atoms with E-state index in [0.717, 1.165) is 50.8 Å². The number of aromatic amines is 1. The van der Waals surface area contributed by atoms with Gasteiger partial charge in [0.25, 0.3) is 0 Å². The number of likely N-dealkylation sites (tertiary alicyclic amines) is 1. The molecule has 2 amide bonds. The highest BCUT2D eigenvalue weighted by atomic mass is 16.2. The zero-order valence-corrected chi connectivity index (χ0v) is 14.3. The summed E-state index contributed by atoms with van der Waals surface area (Å²) in [6.45, 7) is 1.50. The van der Waals surface area contributed by atoms with Gasteiger partial charge >= 0.3 is 0 Å². The number of H-pyrrole nitrogens is 1. The van der Waals surface area contributed by atoms with E-state index in [1.165, 1.54) is 19.3 Å². The van der Waals surface area contributed by atoms with E-state index < -0.39 is 0 Å².